The molecule has 0 saturated carbocycles. The van der Waals surface area contributed by atoms with Crippen LogP contribution in [0.5, 0.6) is 0 Å². The number of benzene rings is 1. The van der Waals surface area contributed by atoms with Crippen LogP contribution in [0.3, 0.4) is 0 Å². The van der Waals surface area contributed by atoms with Crippen LogP contribution in [0.4, 0.5) is 0 Å². The molecule has 1 unspecified atom stereocenters. The quantitative estimate of drug-likeness (QED) is 0.781. The lowest BCUT2D eigenvalue weighted by molar-refractivity contribution is 0.172. The van der Waals surface area contributed by atoms with Gasteiger partial charge in [0, 0.05) is 10.8 Å². The van der Waals surface area contributed by atoms with Gasteiger partial charge in [0.15, 0.2) is 0 Å². The molecule has 0 amide bonds. The summed E-state index contributed by atoms with van der Waals surface area (Å²) in [6.45, 7) is 0.468. The zero-order valence-electron chi connectivity index (χ0n) is 8.30. The number of aliphatic hydroxyl groups excluding tert-OH is 1. The van der Waals surface area contributed by atoms with Crippen molar-refractivity contribution in [1.29, 1.82) is 0 Å². The van der Waals surface area contributed by atoms with E-state index in [1.54, 1.807) is 12.4 Å². The summed E-state index contributed by atoms with van der Waals surface area (Å²) in [5, 5.41) is 19.4. The molecule has 0 spiro atoms. The second kappa shape index (κ2) is 4.33. The number of aromatic nitrogens is 2. The molecule has 0 saturated heterocycles. The molecule has 0 aliphatic rings. The van der Waals surface area contributed by atoms with E-state index in [0.29, 0.717) is 13.0 Å². The van der Waals surface area contributed by atoms with Crippen LogP contribution >= 0.6 is 0 Å². The molecule has 15 heavy (non-hydrogen) atoms. The first-order valence-corrected chi connectivity index (χ1v) is 4.90. The zero-order valence-corrected chi connectivity index (χ0v) is 8.30. The molecule has 0 aliphatic heterocycles. The van der Waals surface area contributed by atoms with Crippen molar-refractivity contribution in [3.05, 3.63) is 36.2 Å². The van der Waals surface area contributed by atoms with Crippen molar-refractivity contribution in [3.8, 4) is 0 Å². The summed E-state index contributed by atoms with van der Waals surface area (Å²) in [5.74, 6) is 0. The highest BCUT2D eigenvalue weighted by Gasteiger charge is 2.09. The van der Waals surface area contributed by atoms with Gasteiger partial charge in [0.25, 0.3) is 0 Å². The fraction of sp³-hybridized carbons (Fsp3) is 0.273. The monoisotopic (exact) mass is 203 g/mol. The predicted octanol–water partition coefficient (Wildman–Crippen LogP) is 1.01. The average molecular weight is 203 g/mol. The van der Waals surface area contributed by atoms with Crippen LogP contribution < -0.4 is 5.73 Å². The fourth-order valence-electron chi connectivity index (χ4n) is 1.65. The molecule has 4 nitrogen and oxygen atoms in total. The minimum absolute atomic E-state index is 0.468. The zero-order chi connectivity index (χ0) is 10.7. The Hall–Kier alpha value is -1.52. The second-order valence-electron chi connectivity index (χ2n) is 3.43. The summed E-state index contributed by atoms with van der Waals surface area (Å²) in [7, 11) is 0. The molecule has 0 radical (unpaired) electrons. The van der Waals surface area contributed by atoms with Crippen molar-refractivity contribution in [3.63, 3.8) is 0 Å². The maximum Gasteiger partial charge on any atom is 0.0808 e. The third kappa shape index (κ3) is 1.95. The number of nitrogens with zero attached hydrogens (tertiary/aromatic N) is 2. The Labute approximate surface area is 87.7 Å². The Morgan fingerprint density at radius 1 is 1.27 bits per heavy atom. The lowest BCUT2D eigenvalue weighted by Crippen LogP contribution is -2.07. The van der Waals surface area contributed by atoms with Gasteiger partial charge in [0.2, 0.25) is 0 Å². The second-order valence-corrected chi connectivity index (χ2v) is 3.43. The molecule has 1 atom stereocenters. The van der Waals surface area contributed by atoms with E-state index in [2.05, 4.69) is 10.2 Å². The Balaban J connectivity index is 2.50. The lowest BCUT2D eigenvalue weighted by Gasteiger charge is -2.11. The number of rotatable bonds is 3. The number of hydrogen-bond donors (Lipinski definition) is 2. The molecular formula is C11H13N3O. The first-order chi connectivity index (χ1) is 7.33. The minimum Gasteiger partial charge on any atom is -0.388 e. The highest BCUT2D eigenvalue weighted by molar-refractivity contribution is 5.84. The van der Waals surface area contributed by atoms with Gasteiger partial charge in [-0.25, -0.2) is 0 Å². The molecule has 3 N–H and O–H groups in total. The SMILES string of the molecule is NCCC(O)c1cccc2cnncc12. The summed E-state index contributed by atoms with van der Waals surface area (Å²) >= 11 is 0. The van der Waals surface area contributed by atoms with Gasteiger partial charge in [-0.05, 0) is 18.5 Å². The van der Waals surface area contributed by atoms with Crippen LogP contribution in [-0.4, -0.2) is 21.8 Å². The van der Waals surface area contributed by atoms with Gasteiger partial charge in [-0.2, -0.15) is 10.2 Å². The van der Waals surface area contributed by atoms with Gasteiger partial charge < -0.3 is 10.8 Å². The topological polar surface area (TPSA) is 72.0 Å². The fourth-order valence-corrected chi connectivity index (χ4v) is 1.65. The highest BCUT2D eigenvalue weighted by Crippen LogP contribution is 2.24. The molecule has 1 heterocycles. The number of hydrogen-bond acceptors (Lipinski definition) is 4. The maximum atomic E-state index is 9.89. The third-order valence-corrected chi connectivity index (χ3v) is 2.42. The Bertz CT molecular complexity index is 453. The first-order valence-electron chi connectivity index (χ1n) is 4.90. The van der Waals surface area contributed by atoms with Crippen LogP contribution in [0, 0.1) is 0 Å². The Morgan fingerprint density at radius 3 is 2.87 bits per heavy atom. The molecule has 4 heteroatoms. The van der Waals surface area contributed by atoms with E-state index in [9.17, 15) is 5.11 Å². The van der Waals surface area contributed by atoms with E-state index < -0.39 is 6.10 Å². The molecule has 0 bridgehead atoms. The summed E-state index contributed by atoms with van der Waals surface area (Å²) < 4.78 is 0. The summed E-state index contributed by atoms with van der Waals surface area (Å²) in [5.41, 5.74) is 6.29. The largest absolute Gasteiger partial charge is 0.388 e. The smallest absolute Gasteiger partial charge is 0.0808 e. The average Bonchev–Trinajstić information content (AvgIpc) is 2.28. The van der Waals surface area contributed by atoms with E-state index in [0.717, 1.165) is 16.3 Å². The van der Waals surface area contributed by atoms with Crippen molar-refractivity contribution < 1.29 is 5.11 Å². The molecule has 2 rings (SSSR count). The van der Waals surface area contributed by atoms with Gasteiger partial charge in [-0.15, -0.1) is 0 Å². The van der Waals surface area contributed by atoms with Gasteiger partial charge in [-0.1, -0.05) is 18.2 Å². The minimum atomic E-state index is -0.525. The van der Waals surface area contributed by atoms with Gasteiger partial charge in [0.1, 0.15) is 0 Å². The predicted molar refractivity (Wildman–Crippen MR) is 58.2 cm³/mol. The molecule has 0 aliphatic carbocycles. The van der Waals surface area contributed by atoms with Crippen LogP contribution in [-0.2, 0) is 0 Å². The molecular weight excluding hydrogens is 190 g/mol. The Morgan fingerprint density at radius 2 is 2.07 bits per heavy atom. The highest BCUT2D eigenvalue weighted by atomic mass is 16.3. The molecule has 2 aromatic rings. The van der Waals surface area contributed by atoms with E-state index in [1.807, 2.05) is 18.2 Å². The van der Waals surface area contributed by atoms with Gasteiger partial charge in [-0.3, -0.25) is 0 Å². The summed E-state index contributed by atoms with van der Waals surface area (Å²) in [6.07, 6.45) is 3.39. The molecule has 1 aromatic carbocycles. The van der Waals surface area contributed by atoms with Gasteiger partial charge in [0.05, 0.1) is 18.5 Å². The van der Waals surface area contributed by atoms with Crippen LogP contribution in [0.2, 0.25) is 0 Å². The lowest BCUT2D eigenvalue weighted by atomic mass is 10.0. The number of aliphatic hydroxyl groups is 1. The van der Waals surface area contributed by atoms with E-state index >= 15 is 0 Å². The normalized spacial score (nSPS) is 12.9. The molecule has 1 aromatic heterocycles. The summed E-state index contributed by atoms with van der Waals surface area (Å²) in [4.78, 5) is 0. The van der Waals surface area contributed by atoms with Crippen LogP contribution in [0.15, 0.2) is 30.6 Å². The van der Waals surface area contributed by atoms with E-state index in [-0.39, 0.29) is 0 Å². The summed E-state index contributed by atoms with van der Waals surface area (Å²) in [6, 6.07) is 5.74. The first kappa shape index (κ1) is 10.0. The van der Waals surface area contributed by atoms with Crippen molar-refractivity contribution in [2.75, 3.05) is 6.54 Å². The van der Waals surface area contributed by atoms with Crippen LogP contribution in [0.1, 0.15) is 18.1 Å². The molecule has 78 valence electrons. The number of nitrogens with two attached hydrogens (primary N) is 1. The maximum absolute atomic E-state index is 9.89. The Kier molecular flexibility index (Phi) is 2.89. The van der Waals surface area contributed by atoms with Gasteiger partial charge >= 0.3 is 0 Å². The third-order valence-electron chi connectivity index (χ3n) is 2.42. The van der Waals surface area contributed by atoms with Crippen molar-refractivity contribution in [2.24, 2.45) is 5.73 Å². The van der Waals surface area contributed by atoms with Crippen molar-refractivity contribution in [1.82, 2.24) is 10.2 Å². The van der Waals surface area contributed by atoms with Crippen molar-refractivity contribution >= 4 is 10.8 Å². The van der Waals surface area contributed by atoms with Crippen LogP contribution in [0.25, 0.3) is 10.8 Å². The number of fused-ring (bicyclic) bond motifs is 1. The molecule has 0 fully saturated rings. The van der Waals surface area contributed by atoms with E-state index in [1.165, 1.54) is 0 Å². The van der Waals surface area contributed by atoms with Crippen molar-refractivity contribution in [2.45, 2.75) is 12.5 Å². The standard InChI is InChI=1S/C11H13N3O/c12-5-4-11(15)9-3-1-2-8-6-13-14-7-10(8)9/h1-3,6-7,11,15H,4-5,12H2. The van der Waals surface area contributed by atoms with E-state index in [4.69, 9.17) is 5.73 Å².